The average molecular weight is 319 g/mol. The number of hydrogen-bond donors (Lipinski definition) is 2. The largest absolute Gasteiger partial charge is 0.397 e. The number of hydrogen-bond acceptors (Lipinski definition) is 5. The molecule has 0 bridgehead atoms. The Labute approximate surface area is 126 Å². The van der Waals surface area contributed by atoms with Gasteiger partial charge in [0.05, 0.1) is 12.3 Å². The zero-order valence-corrected chi connectivity index (χ0v) is 13.3. The van der Waals surface area contributed by atoms with Crippen LogP contribution in [0.3, 0.4) is 0 Å². The predicted molar refractivity (Wildman–Crippen MR) is 79.2 cm³/mol. The standard InChI is InChI=1S/C13H25N3O4S/c1-12(13-11-14-16-15-13)9-7-5-3-2-4-6-8-10-20-21(17,18)19/h11-12H,2-10H2,1H3,(H,14,15,16)(H,17,18,19). The highest BCUT2D eigenvalue weighted by Crippen LogP contribution is 2.19. The fourth-order valence-electron chi connectivity index (χ4n) is 2.20. The number of unbranched alkanes of at least 4 members (excludes halogenated alkanes) is 6. The van der Waals surface area contributed by atoms with Crippen LogP contribution >= 0.6 is 0 Å². The van der Waals surface area contributed by atoms with Crippen molar-refractivity contribution in [1.29, 1.82) is 0 Å². The average Bonchev–Trinajstić information content (AvgIpc) is 2.93. The third kappa shape index (κ3) is 9.54. The van der Waals surface area contributed by atoms with E-state index in [0.29, 0.717) is 12.3 Å². The van der Waals surface area contributed by atoms with E-state index in [1.54, 1.807) is 0 Å². The van der Waals surface area contributed by atoms with Crippen molar-refractivity contribution in [1.82, 2.24) is 15.4 Å². The molecular formula is C13H25N3O4S. The molecule has 0 radical (unpaired) electrons. The second-order valence-electron chi connectivity index (χ2n) is 5.31. The van der Waals surface area contributed by atoms with Crippen LogP contribution in [0.4, 0.5) is 0 Å². The maximum Gasteiger partial charge on any atom is 0.397 e. The third-order valence-electron chi connectivity index (χ3n) is 3.45. The van der Waals surface area contributed by atoms with Gasteiger partial charge >= 0.3 is 10.4 Å². The first-order valence-corrected chi connectivity index (χ1v) is 8.84. The van der Waals surface area contributed by atoms with Crippen molar-refractivity contribution in [3.05, 3.63) is 11.9 Å². The lowest BCUT2D eigenvalue weighted by molar-refractivity contribution is 0.261. The molecule has 1 rings (SSSR count). The summed E-state index contributed by atoms with van der Waals surface area (Å²) >= 11 is 0. The second kappa shape index (κ2) is 9.86. The van der Waals surface area contributed by atoms with E-state index < -0.39 is 10.4 Å². The molecule has 7 nitrogen and oxygen atoms in total. The van der Waals surface area contributed by atoms with Crippen LogP contribution in [-0.2, 0) is 14.6 Å². The molecule has 0 spiro atoms. The molecule has 2 N–H and O–H groups in total. The van der Waals surface area contributed by atoms with Gasteiger partial charge < -0.3 is 0 Å². The molecule has 0 fully saturated rings. The molecule has 122 valence electrons. The normalized spacial score (nSPS) is 13.4. The predicted octanol–water partition coefficient (Wildman–Crippen LogP) is 2.85. The minimum Gasteiger partial charge on any atom is -0.265 e. The molecule has 0 aliphatic rings. The maximum atomic E-state index is 10.3. The Morgan fingerprint density at radius 2 is 1.81 bits per heavy atom. The molecule has 1 unspecified atom stereocenters. The van der Waals surface area contributed by atoms with Crippen LogP contribution in [0.25, 0.3) is 0 Å². The zero-order chi connectivity index (χ0) is 15.6. The molecule has 1 aromatic heterocycles. The Balaban J connectivity index is 1.87. The first-order valence-electron chi connectivity index (χ1n) is 7.47. The number of rotatable bonds is 12. The van der Waals surface area contributed by atoms with E-state index in [0.717, 1.165) is 31.4 Å². The topological polar surface area (TPSA) is 105 Å². The van der Waals surface area contributed by atoms with Crippen molar-refractivity contribution >= 4 is 10.4 Å². The first-order chi connectivity index (χ1) is 9.99. The summed E-state index contributed by atoms with van der Waals surface area (Å²) in [5.41, 5.74) is 1.02. The summed E-state index contributed by atoms with van der Waals surface area (Å²) in [6.07, 6.45) is 10.3. The van der Waals surface area contributed by atoms with Crippen LogP contribution < -0.4 is 0 Å². The molecule has 0 amide bonds. The summed E-state index contributed by atoms with van der Waals surface area (Å²) in [4.78, 5) is 0. The Morgan fingerprint density at radius 3 is 2.38 bits per heavy atom. The smallest absolute Gasteiger partial charge is 0.265 e. The third-order valence-corrected chi connectivity index (χ3v) is 3.92. The lowest BCUT2D eigenvalue weighted by atomic mass is 9.99. The van der Waals surface area contributed by atoms with E-state index in [1.807, 2.05) is 6.20 Å². The van der Waals surface area contributed by atoms with Gasteiger partial charge in [-0.2, -0.15) is 8.42 Å². The molecule has 0 saturated heterocycles. The zero-order valence-electron chi connectivity index (χ0n) is 12.5. The monoisotopic (exact) mass is 319 g/mol. The van der Waals surface area contributed by atoms with E-state index in [-0.39, 0.29) is 6.61 Å². The summed E-state index contributed by atoms with van der Waals surface area (Å²) in [6.45, 7) is 2.22. The second-order valence-corrected chi connectivity index (χ2v) is 6.40. The van der Waals surface area contributed by atoms with E-state index in [9.17, 15) is 8.42 Å². The van der Waals surface area contributed by atoms with Crippen molar-refractivity contribution in [3.8, 4) is 0 Å². The van der Waals surface area contributed by atoms with Crippen molar-refractivity contribution in [2.75, 3.05) is 6.61 Å². The van der Waals surface area contributed by atoms with Gasteiger partial charge in [0.15, 0.2) is 0 Å². The summed E-state index contributed by atoms with van der Waals surface area (Å²) < 4.78 is 33.2. The lowest BCUT2D eigenvalue weighted by Gasteiger charge is -2.07. The van der Waals surface area contributed by atoms with E-state index >= 15 is 0 Å². The molecule has 0 aromatic carbocycles. The van der Waals surface area contributed by atoms with Crippen molar-refractivity contribution in [2.24, 2.45) is 0 Å². The van der Waals surface area contributed by atoms with Gasteiger partial charge in [-0.3, -0.25) is 9.65 Å². The van der Waals surface area contributed by atoms with Crippen LogP contribution in [0.2, 0.25) is 0 Å². The fourth-order valence-corrected chi connectivity index (χ4v) is 2.53. The van der Waals surface area contributed by atoms with E-state index in [1.165, 1.54) is 19.3 Å². The van der Waals surface area contributed by atoms with Gasteiger partial charge in [0, 0.05) is 12.1 Å². The minimum absolute atomic E-state index is 0.0635. The van der Waals surface area contributed by atoms with E-state index in [2.05, 4.69) is 26.5 Å². The number of aromatic nitrogens is 3. The molecule has 0 aliphatic heterocycles. The Bertz CT molecular complexity index is 462. The number of nitrogens with zero attached hydrogens (tertiary/aromatic N) is 2. The number of aromatic amines is 1. The Kier molecular flexibility index (Phi) is 8.48. The minimum atomic E-state index is -4.27. The van der Waals surface area contributed by atoms with Crippen molar-refractivity contribution < 1.29 is 17.2 Å². The fraction of sp³-hybridized carbons (Fsp3) is 0.846. The number of nitrogens with one attached hydrogen (secondary N) is 1. The van der Waals surface area contributed by atoms with Crippen LogP contribution in [0.1, 0.15) is 69.9 Å². The quantitative estimate of drug-likeness (QED) is 0.453. The summed E-state index contributed by atoms with van der Waals surface area (Å²) in [6, 6.07) is 0. The van der Waals surface area contributed by atoms with Crippen LogP contribution in [0.15, 0.2) is 6.20 Å². The first kappa shape index (κ1) is 18.1. The van der Waals surface area contributed by atoms with E-state index in [4.69, 9.17) is 4.55 Å². The molecule has 1 atom stereocenters. The number of H-pyrrole nitrogens is 1. The van der Waals surface area contributed by atoms with Gasteiger partial charge in [0.1, 0.15) is 0 Å². The lowest BCUT2D eigenvalue weighted by Crippen LogP contribution is -2.04. The van der Waals surface area contributed by atoms with Crippen LogP contribution in [0.5, 0.6) is 0 Å². The molecule has 1 heterocycles. The van der Waals surface area contributed by atoms with Gasteiger partial charge in [0.2, 0.25) is 0 Å². The van der Waals surface area contributed by atoms with Gasteiger partial charge in [-0.25, -0.2) is 4.18 Å². The summed E-state index contributed by atoms with van der Waals surface area (Å²) in [5, 5.41) is 10.5. The van der Waals surface area contributed by atoms with Gasteiger partial charge in [-0.1, -0.05) is 50.7 Å². The summed E-state index contributed by atoms with van der Waals surface area (Å²) in [5.74, 6) is 0.446. The van der Waals surface area contributed by atoms with Gasteiger partial charge in [-0.15, -0.1) is 5.10 Å². The van der Waals surface area contributed by atoms with Crippen LogP contribution in [-0.4, -0.2) is 35.0 Å². The highest BCUT2D eigenvalue weighted by atomic mass is 32.3. The molecule has 8 heteroatoms. The molecule has 0 saturated carbocycles. The molecule has 21 heavy (non-hydrogen) atoms. The maximum absolute atomic E-state index is 10.3. The highest BCUT2D eigenvalue weighted by Gasteiger charge is 2.07. The molecular weight excluding hydrogens is 294 g/mol. The molecule has 1 aromatic rings. The Hall–Kier alpha value is -0.990. The highest BCUT2D eigenvalue weighted by molar-refractivity contribution is 7.80. The van der Waals surface area contributed by atoms with Gasteiger partial charge in [0.25, 0.3) is 0 Å². The molecule has 0 aliphatic carbocycles. The van der Waals surface area contributed by atoms with Crippen molar-refractivity contribution in [3.63, 3.8) is 0 Å². The van der Waals surface area contributed by atoms with Crippen LogP contribution in [0, 0.1) is 0 Å². The summed E-state index contributed by atoms with van der Waals surface area (Å²) in [7, 11) is -4.27. The van der Waals surface area contributed by atoms with Crippen molar-refractivity contribution in [2.45, 2.75) is 64.2 Å². The Morgan fingerprint density at radius 1 is 1.19 bits per heavy atom. The SMILES string of the molecule is CC(CCCCCCCCCOS(=O)(=O)O)c1c[nH]nn1. The van der Waals surface area contributed by atoms with Gasteiger partial charge in [-0.05, 0) is 12.8 Å².